The number of rotatable bonds is 11. The molecule has 0 atom stereocenters. The van der Waals surface area contributed by atoms with E-state index >= 15 is 0 Å². The molecule has 0 saturated carbocycles. The average molecular weight is 1210 g/mol. The topological polar surface area (TPSA) is 82.8 Å². The van der Waals surface area contributed by atoms with Crippen molar-refractivity contribution in [3.05, 3.63) is 260 Å². The second kappa shape index (κ2) is 28.9. The van der Waals surface area contributed by atoms with Crippen LogP contribution in [0.4, 0.5) is 0 Å². The Kier molecular flexibility index (Phi) is 21.4. The summed E-state index contributed by atoms with van der Waals surface area (Å²) in [5.41, 5.74) is 30.5. The lowest BCUT2D eigenvalue weighted by Crippen LogP contribution is -2.39. The van der Waals surface area contributed by atoms with E-state index in [-0.39, 0.29) is 0 Å². The molecular weight excluding hydrogens is 1110 g/mol. The number of hydrogen-bond donors (Lipinski definition) is 0. The van der Waals surface area contributed by atoms with Gasteiger partial charge in [-0.25, -0.2) is 0 Å². The summed E-state index contributed by atoms with van der Waals surface area (Å²) in [6.45, 7) is 37.3. The number of aromatic nitrogens is 8. The van der Waals surface area contributed by atoms with Crippen molar-refractivity contribution < 1.29 is 18.7 Å². The Bertz CT molecular complexity index is 4420. The molecule has 0 bridgehead atoms. The van der Waals surface area contributed by atoms with Gasteiger partial charge in [0, 0.05) is 47.0 Å². The predicted molar refractivity (Wildman–Crippen MR) is 373 cm³/mol. The van der Waals surface area contributed by atoms with E-state index < -0.39 is 0 Å². The van der Waals surface area contributed by atoms with Crippen molar-refractivity contribution in [2.24, 2.45) is 28.2 Å². The van der Waals surface area contributed by atoms with Gasteiger partial charge in [-0.1, -0.05) is 154 Å². The van der Waals surface area contributed by atoms with E-state index in [1.54, 1.807) is 0 Å². The minimum absolute atomic E-state index is 0.390. The van der Waals surface area contributed by atoms with E-state index in [9.17, 15) is 10.5 Å². The molecule has 0 spiro atoms. The molecule has 0 amide bonds. The van der Waals surface area contributed by atoms with Crippen LogP contribution in [0.25, 0.3) is 56.1 Å². The summed E-state index contributed by atoms with van der Waals surface area (Å²) in [7, 11) is 8.33. The van der Waals surface area contributed by atoms with E-state index in [1.807, 2.05) is 55.7 Å². The second-order valence-electron chi connectivity index (χ2n) is 25.9. The van der Waals surface area contributed by atoms with Crippen molar-refractivity contribution in [2.45, 2.75) is 141 Å². The van der Waals surface area contributed by atoms with Crippen LogP contribution in [0.2, 0.25) is 0 Å². The average Bonchev–Trinajstić information content (AvgIpc) is 1.84. The molecule has 11 rings (SSSR count). The lowest BCUT2D eigenvalue weighted by atomic mass is 9.82. The molecule has 0 aliphatic carbocycles. The molecule has 0 aliphatic rings. The summed E-state index contributed by atoms with van der Waals surface area (Å²) in [6.07, 6.45) is 10.7. The molecule has 0 aliphatic heterocycles. The number of nitrogens with zero attached hydrogens (tertiary/aromatic N) is 10. The summed E-state index contributed by atoms with van der Waals surface area (Å²) in [5.74, 6) is 1.69. The van der Waals surface area contributed by atoms with Crippen molar-refractivity contribution in [2.75, 3.05) is 0 Å². The van der Waals surface area contributed by atoms with Crippen LogP contribution in [0.5, 0.6) is 0 Å². The van der Waals surface area contributed by atoms with Crippen LogP contribution in [0, 0.1) is 85.0 Å². The van der Waals surface area contributed by atoms with Gasteiger partial charge in [-0.2, -0.15) is 24.6 Å². The molecule has 91 heavy (non-hydrogen) atoms. The van der Waals surface area contributed by atoms with Gasteiger partial charge in [0.15, 0.2) is 13.2 Å². The Morgan fingerprint density at radius 3 is 1.30 bits per heavy atom. The van der Waals surface area contributed by atoms with Gasteiger partial charge in [0.25, 0.3) is 0 Å². The summed E-state index contributed by atoms with van der Waals surface area (Å²) < 4.78 is 17.4. The monoisotopic (exact) mass is 1210 g/mol. The molecule has 10 nitrogen and oxygen atoms in total. The van der Waals surface area contributed by atoms with Crippen LogP contribution in [0.1, 0.15) is 163 Å². The van der Waals surface area contributed by atoms with Gasteiger partial charge in [-0.05, 0) is 178 Å². The van der Waals surface area contributed by atoms with Crippen LogP contribution in [0.15, 0.2) is 177 Å². The van der Waals surface area contributed by atoms with Crippen LogP contribution < -0.4 is 18.7 Å². The van der Waals surface area contributed by atoms with Gasteiger partial charge in [-0.3, -0.25) is 0 Å². The maximum Gasteiger partial charge on any atom is 0.238 e. The first-order valence-corrected chi connectivity index (χ1v) is 32.0. The molecule has 4 heterocycles. The fraction of sp³-hybridized carbons (Fsp3) is 0.309. The van der Waals surface area contributed by atoms with Gasteiger partial charge in [-0.15, -0.1) is 9.36 Å². The molecule has 10 heteroatoms. The minimum atomic E-state index is 0.390. The number of aryl methyl sites for hydroxylation is 8. The maximum atomic E-state index is 9.28. The fourth-order valence-electron chi connectivity index (χ4n) is 12.2. The standard InChI is InChI=1S/C31H34N3.C25H30N3.C13H17N2.C12H15N2/c1-20(2)27-16-26(25-11-9-8-10-12-25)17-28(21(3)4)31(27)29-19-34(33(7)23(29)6)30-14-13-24(18-32)15-22(30)5;1-16(2)21-9-8-10-22(17(3)4)25(21)23-15-28(27(7)19(23)6)24-12-11-20(14-26)13-18(24)5;1-10-5-6-11(2)13(9-10)15-8-7-12(3)14(15)4;1-10-5-6-11(2)12(9-10)14-8-4-7-13(14)3/h8-17,19-21H,1-7H3;8-13,15-17H,1-7H3;5-9H,1-4H3;4-9H,1-3H3/q4*+1. The zero-order valence-electron chi connectivity index (χ0n) is 58.0. The molecule has 11 aromatic rings. The first-order valence-electron chi connectivity index (χ1n) is 32.0. The highest BCUT2D eigenvalue weighted by Crippen LogP contribution is 2.41. The second-order valence-corrected chi connectivity index (χ2v) is 25.9. The molecule has 0 fully saturated rings. The molecule has 4 aromatic heterocycles. The van der Waals surface area contributed by atoms with E-state index in [0.717, 1.165) is 22.5 Å². The SMILES string of the molecule is Cc1cc(C#N)ccc1-[n+]1cc(-c2c(C(C)C)cc(-c3ccccc3)cc2C(C)C)c(C)n1C.Cc1cc(C#N)ccc1-[n+]1cc(-c2c(C(C)C)cccc2C(C)C)c(C)n1C.Cc1ccc(C)c(-[n+]2ccc(C)n2C)c1.Cc1ccc(C)c(-n2ccc[n+]2C)c1. The minimum Gasteiger partial charge on any atom is -0.192 e. The van der Waals surface area contributed by atoms with Gasteiger partial charge >= 0.3 is 0 Å². The number of benzene rings is 7. The van der Waals surface area contributed by atoms with Crippen molar-refractivity contribution in [3.8, 4) is 68.3 Å². The first kappa shape index (κ1) is 67.3. The Morgan fingerprint density at radius 1 is 0.396 bits per heavy atom. The third-order valence-corrected chi connectivity index (χ3v) is 17.9. The highest BCUT2D eigenvalue weighted by atomic mass is 15.4. The van der Waals surface area contributed by atoms with Crippen molar-refractivity contribution in [1.82, 2.24) is 18.7 Å². The van der Waals surface area contributed by atoms with E-state index in [2.05, 4.69) is 316 Å². The zero-order valence-corrected chi connectivity index (χ0v) is 58.0. The quantitative estimate of drug-likeness (QED) is 0.121. The van der Waals surface area contributed by atoms with Crippen molar-refractivity contribution in [1.29, 1.82) is 10.5 Å². The molecule has 466 valence electrons. The molecular formula is C81H96N10+4. The lowest BCUT2D eigenvalue weighted by molar-refractivity contribution is -0.744. The predicted octanol–water partition coefficient (Wildman–Crippen LogP) is 17.2. The Balaban J connectivity index is 0.000000167. The third kappa shape index (κ3) is 14.7. The van der Waals surface area contributed by atoms with Gasteiger partial charge < -0.3 is 0 Å². The smallest absolute Gasteiger partial charge is 0.192 e. The summed E-state index contributed by atoms with van der Waals surface area (Å²) in [5, 5.41) is 18.5. The fourth-order valence-corrected chi connectivity index (χ4v) is 12.2. The largest absolute Gasteiger partial charge is 0.238 e. The molecule has 0 N–H and O–H groups in total. The van der Waals surface area contributed by atoms with E-state index in [1.165, 1.54) is 106 Å². The Labute approximate surface area is 543 Å². The first-order chi connectivity index (χ1) is 43.3. The summed E-state index contributed by atoms with van der Waals surface area (Å²) in [4.78, 5) is 0. The molecule has 0 radical (unpaired) electrons. The van der Waals surface area contributed by atoms with Crippen LogP contribution in [-0.2, 0) is 28.2 Å². The maximum absolute atomic E-state index is 9.28. The zero-order chi connectivity index (χ0) is 66.3. The van der Waals surface area contributed by atoms with Crippen LogP contribution in [-0.4, -0.2) is 18.7 Å². The highest BCUT2D eigenvalue weighted by Gasteiger charge is 2.29. The molecule has 0 saturated heterocycles. The van der Waals surface area contributed by atoms with Crippen molar-refractivity contribution >= 4 is 0 Å². The Morgan fingerprint density at radius 2 is 0.868 bits per heavy atom. The number of hydrogen-bond acceptors (Lipinski definition) is 2. The third-order valence-electron chi connectivity index (χ3n) is 17.9. The van der Waals surface area contributed by atoms with E-state index in [4.69, 9.17) is 0 Å². The highest BCUT2D eigenvalue weighted by molar-refractivity contribution is 5.79. The Hall–Kier alpha value is -9.64. The van der Waals surface area contributed by atoms with E-state index in [0.29, 0.717) is 34.8 Å². The van der Waals surface area contributed by atoms with Crippen LogP contribution >= 0.6 is 0 Å². The van der Waals surface area contributed by atoms with Crippen molar-refractivity contribution in [3.63, 3.8) is 0 Å². The normalized spacial score (nSPS) is 11.1. The molecule has 7 aromatic carbocycles. The summed E-state index contributed by atoms with van der Waals surface area (Å²) in [6, 6.07) is 55.6. The van der Waals surface area contributed by atoms with Gasteiger partial charge in [0.05, 0.1) is 78.8 Å². The number of nitriles is 2. The van der Waals surface area contributed by atoms with Crippen LogP contribution in [0.3, 0.4) is 0 Å². The van der Waals surface area contributed by atoms with Gasteiger partial charge in [0.1, 0.15) is 5.69 Å². The lowest BCUT2D eigenvalue weighted by Gasteiger charge is -2.21. The summed E-state index contributed by atoms with van der Waals surface area (Å²) >= 11 is 0. The van der Waals surface area contributed by atoms with Gasteiger partial charge in [0.2, 0.25) is 35.7 Å². The molecule has 0 unspecified atom stereocenters.